The third-order valence-corrected chi connectivity index (χ3v) is 4.75. The molecule has 108 valence electrons. The van der Waals surface area contributed by atoms with Gasteiger partial charge in [0.15, 0.2) is 0 Å². The van der Waals surface area contributed by atoms with E-state index in [9.17, 15) is 9.18 Å². The van der Waals surface area contributed by atoms with E-state index in [2.05, 4.69) is 5.32 Å². The SMILES string of the molecule is Cc1c(C(=O)N2CCNCC2)sc2cccc(F)c12.Cl. The third-order valence-electron chi connectivity index (χ3n) is 3.50. The van der Waals surface area contributed by atoms with E-state index in [4.69, 9.17) is 0 Å². The zero-order valence-corrected chi connectivity index (χ0v) is 12.7. The second kappa shape index (κ2) is 6.08. The van der Waals surface area contributed by atoms with Gasteiger partial charge in [-0.25, -0.2) is 4.39 Å². The number of benzene rings is 1. The molecule has 1 aromatic heterocycles. The molecule has 0 radical (unpaired) electrons. The van der Waals surface area contributed by atoms with Crippen LogP contribution >= 0.6 is 23.7 Å². The minimum absolute atomic E-state index is 0. The number of rotatable bonds is 1. The minimum Gasteiger partial charge on any atom is -0.335 e. The smallest absolute Gasteiger partial charge is 0.264 e. The number of carbonyl (C=O) groups is 1. The van der Waals surface area contributed by atoms with Crippen LogP contribution < -0.4 is 5.32 Å². The number of thiophene rings is 1. The maximum Gasteiger partial charge on any atom is 0.264 e. The quantitative estimate of drug-likeness (QED) is 0.878. The molecular formula is C14H16ClFN2OS. The van der Waals surface area contributed by atoms with Crippen molar-refractivity contribution >= 4 is 39.7 Å². The van der Waals surface area contributed by atoms with Crippen molar-refractivity contribution in [2.75, 3.05) is 26.2 Å². The second-order valence-electron chi connectivity index (χ2n) is 4.71. The number of halogens is 2. The van der Waals surface area contributed by atoms with Crippen molar-refractivity contribution in [3.8, 4) is 0 Å². The van der Waals surface area contributed by atoms with Gasteiger partial charge in [0.2, 0.25) is 0 Å². The second-order valence-corrected chi connectivity index (χ2v) is 5.76. The zero-order valence-electron chi connectivity index (χ0n) is 11.1. The number of piperazine rings is 1. The first-order chi connectivity index (χ1) is 9.18. The Labute approximate surface area is 127 Å². The lowest BCUT2D eigenvalue weighted by molar-refractivity contribution is 0.0740. The molecule has 0 spiro atoms. The fourth-order valence-corrected chi connectivity index (χ4v) is 3.66. The predicted molar refractivity (Wildman–Crippen MR) is 82.5 cm³/mol. The largest absolute Gasteiger partial charge is 0.335 e. The fraction of sp³-hybridized carbons (Fsp3) is 0.357. The molecule has 1 aliphatic heterocycles. The van der Waals surface area contributed by atoms with E-state index in [0.29, 0.717) is 10.3 Å². The Kier molecular flexibility index (Phi) is 4.62. The Morgan fingerprint density at radius 3 is 2.70 bits per heavy atom. The number of fused-ring (bicyclic) bond motifs is 1. The highest BCUT2D eigenvalue weighted by molar-refractivity contribution is 7.21. The summed E-state index contributed by atoms with van der Waals surface area (Å²) in [6.07, 6.45) is 0. The first kappa shape index (κ1) is 15.2. The molecule has 3 nitrogen and oxygen atoms in total. The molecule has 0 atom stereocenters. The van der Waals surface area contributed by atoms with Crippen LogP contribution in [0, 0.1) is 12.7 Å². The van der Waals surface area contributed by atoms with Crippen LogP contribution in [0.5, 0.6) is 0 Å². The van der Waals surface area contributed by atoms with Crippen molar-refractivity contribution < 1.29 is 9.18 Å². The molecular weight excluding hydrogens is 299 g/mol. The number of carbonyl (C=O) groups excluding carboxylic acids is 1. The van der Waals surface area contributed by atoms with Gasteiger partial charge >= 0.3 is 0 Å². The molecule has 0 aliphatic carbocycles. The summed E-state index contributed by atoms with van der Waals surface area (Å²) in [5.41, 5.74) is 0.765. The average Bonchev–Trinajstić information content (AvgIpc) is 2.78. The summed E-state index contributed by atoms with van der Waals surface area (Å²) in [6.45, 7) is 4.91. The monoisotopic (exact) mass is 314 g/mol. The zero-order chi connectivity index (χ0) is 13.4. The molecule has 0 bridgehead atoms. The van der Waals surface area contributed by atoms with E-state index in [0.717, 1.165) is 36.4 Å². The minimum atomic E-state index is -0.245. The van der Waals surface area contributed by atoms with Crippen LogP contribution in [-0.4, -0.2) is 37.0 Å². The van der Waals surface area contributed by atoms with Crippen LogP contribution in [0.2, 0.25) is 0 Å². The van der Waals surface area contributed by atoms with Gasteiger partial charge in [0.1, 0.15) is 5.82 Å². The highest BCUT2D eigenvalue weighted by atomic mass is 35.5. The van der Waals surface area contributed by atoms with E-state index < -0.39 is 0 Å². The maximum absolute atomic E-state index is 13.8. The van der Waals surface area contributed by atoms with Gasteiger partial charge in [0.05, 0.1) is 4.88 Å². The van der Waals surface area contributed by atoms with Gasteiger partial charge in [-0.2, -0.15) is 0 Å². The van der Waals surface area contributed by atoms with Crippen molar-refractivity contribution in [3.05, 3.63) is 34.5 Å². The molecule has 20 heavy (non-hydrogen) atoms. The lowest BCUT2D eigenvalue weighted by Gasteiger charge is -2.27. The standard InChI is InChI=1S/C14H15FN2OS.ClH/c1-9-12-10(15)3-2-4-11(12)19-13(9)14(18)17-7-5-16-6-8-17;/h2-4,16H,5-8H2,1H3;1H. The molecule has 1 saturated heterocycles. The molecule has 1 amide bonds. The van der Waals surface area contributed by atoms with E-state index in [1.165, 1.54) is 17.4 Å². The van der Waals surface area contributed by atoms with Gasteiger partial charge in [0, 0.05) is 36.3 Å². The van der Waals surface area contributed by atoms with Crippen molar-refractivity contribution in [2.45, 2.75) is 6.92 Å². The lowest BCUT2D eigenvalue weighted by Crippen LogP contribution is -2.46. The number of amides is 1. The summed E-state index contributed by atoms with van der Waals surface area (Å²) in [5.74, 6) is -0.217. The van der Waals surface area contributed by atoms with Gasteiger partial charge in [-0.15, -0.1) is 23.7 Å². The highest BCUT2D eigenvalue weighted by Gasteiger charge is 2.23. The van der Waals surface area contributed by atoms with Crippen LogP contribution in [0.3, 0.4) is 0 Å². The molecule has 2 aromatic rings. The van der Waals surface area contributed by atoms with Gasteiger partial charge in [0.25, 0.3) is 5.91 Å². The Balaban J connectivity index is 0.00000147. The molecule has 6 heteroatoms. The van der Waals surface area contributed by atoms with Gasteiger partial charge in [-0.3, -0.25) is 4.79 Å². The predicted octanol–water partition coefficient (Wildman–Crippen LogP) is 2.82. The normalized spacial score (nSPS) is 15.2. The highest BCUT2D eigenvalue weighted by Crippen LogP contribution is 2.33. The van der Waals surface area contributed by atoms with Crippen molar-refractivity contribution in [1.29, 1.82) is 0 Å². The summed E-state index contributed by atoms with van der Waals surface area (Å²) in [7, 11) is 0. The van der Waals surface area contributed by atoms with Gasteiger partial charge < -0.3 is 10.2 Å². The number of hydrogen-bond donors (Lipinski definition) is 1. The van der Waals surface area contributed by atoms with E-state index >= 15 is 0 Å². The summed E-state index contributed by atoms with van der Waals surface area (Å²) < 4.78 is 14.7. The van der Waals surface area contributed by atoms with Crippen LogP contribution in [0.15, 0.2) is 18.2 Å². The van der Waals surface area contributed by atoms with Crippen LogP contribution in [0.1, 0.15) is 15.2 Å². The summed E-state index contributed by atoms with van der Waals surface area (Å²) in [6, 6.07) is 5.00. The van der Waals surface area contributed by atoms with Crippen molar-refractivity contribution in [3.63, 3.8) is 0 Å². The summed E-state index contributed by atoms with van der Waals surface area (Å²) in [4.78, 5) is 15.0. The topological polar surface area (TPSA) is 32.3 Å². The Morgan fingerprint density at radius 1 is 1.35 bits per heavy atom. The molecule has 0 unspecified atom stereocenters. The van der Waals surface area contributed by atoms with E-state index in [1.807, 2.05) is 17.9 Å². The number of aryl methyl sites for hydroxylation is 1. The van der Waals surface area contributed by atoms with Crippen LogP contribution in [0.25, 0.3) is 10.1 Å². The molecule has 1 N–H and O–H groups in total. The van der Waals surface area contributed by atoms with E-state index in [1.54, 1.807) is 6.07 Å². The number of nitrogens with one attached hydrogen (secondary N) is 1. The molecule has 1 aromatic carbocycles. The first-order valence-electron chi connectivity index (χ1n) is 6.36. The Morgan fingerprint density at radius 2 is 2.05 bits per heavy atom. The van der Waals surface area contributed by atoms with Crippen molar-refractivity contribution in [2.24, 2.45) is 0 Å². The van der Waals surface area contributed by atoms with Gasteiger partial charge in [-0.1, -0.05) is 6.07 Å². The fourth-order valence-electron chi connectivity index (χ4n) is 2.47. The van der Waals surface area contributed by atoms with Crippen molar-refractivity contribution in [1.82, 2.24) is 10.2 Å². The molecule has 1 fully saturated rings. The molecule has 3 rings (SSSR count). The van der Waals surface area contributed by atoms with Crippen LogP contribution in [-0.2, 0) is 0 Å². The summed E-state index contributed by atoms with van der Waals surface area (Å²) >= 11 is 1.39. The Bertz CT molecular complexity index is 637. The van der Waals surface area contributed by atoms with Crippen LogP contribution in [0.4, 0.5) is 4.39 Å². The summed E-state index contributed by atoms with van der Waals surface area (Å²) in [5, 5.41) is 3.81. The molecule has 1 aliphatic rings. The third kappa shape index (κ3) is 2.53. The number of hydrogen-bond acceptors (Lipinski definition) is 3. The first-order valence-corrected chi connectivity index (χ1v) is 7.18. The van der Waals surface area contributed by atoms with E-state index in [-0.39, 0.29) is 24.1 Å². The average molecular weight is 315 g/mol. The number of nitrogens with zero attached hydrogens (tertiary/aromatic N) is 1. The van der Waals surface area contributed by atoms with Gasteiger partial charge in [-0.05, 0) is 24.6 Å². The Hall–Kier alpha value is -1.17. The maximum atomic E-state index is 13.8. The molecule has 0 saturated carbocycles. The molecule has 2 heterocycles. The lowest BCUT2D eigenvalue weighted by atomic mass is 10.1.